The molecule has 84 valence electrons. The van der Waals surface area contributed by atoms with Crippen LogP contribution in [0.1, 0.15) is 12.0 Å². The molecule has 0 bridgehead atoms. The zero-order valence-electron chi connectivity index (χ0n) is 8.98. The molecule has 0 saturated carbocycles. The molecule has 1 atom stereocenters. The second kappa shape index (κ2) is 4.86. The van der Waals surface area contributed by atoms with Crippen LogP contribution in [0.25, 0.3) is 0 Å². The van der Waals surface area contributed by atoms with Gasteiger partial charge in [-0.05, 0) is 18.6 Å². The molecule has 0 aliphatic carbocycles. The van der Waals surface area contributed by atoms with E-state index in [1.807, 2.05) is 0 Å². The highest BCUT2D eigenvalue weighted by atomic mass is 16.5. The zero-order chi connectivity index (χ0) is 11.4. The van der Waals surface area contributed by atoms with Gasteiger partial charge in [-0.25, -0.2) is 0 Å². The normalized spacial score (nSPS) is 19.3. The Morgan fingerprint density at radius 2 is 2.44 bits per heavy atom. The SMILES string of the molecule is N#Cc1c(N)cccc1OCC1CCOC1. The predicted molar refractivity (Wildman–Crippen MR) is 60.0 cm³/mol. The zero-order valence-corrected chi connectivity index (χ0v) is 8.98. The summed E-state index contributed by atoms with van der Waals surface area (Å²) >= 11 is 0. The molecule has 1 heterocycles. The van der Waals surface area contributed by atoms with E-state index in [0.717, 1.165) is 19.6 Å². The largest absolute Gasteiger partial charge is 0.492 e. The molecule has 0 aromatic heterocycles. The van der Waals surface area contributed by atoms with Crippen molar-refractivity contribution in [2.75, 3.05) is 25.6 Å². The number of nitriles is 1. The van der Waals surface area contributed by atoms with Crippen molar-refractivity contribution < 1.29 is 9.47 Å². The van der Waals surface area contributed by atoms with Crippen LogP contribution in [-0.2, 0) is 4.74 Å². The lowest BCUT2D eigenvalue weighted by Crippen LogP contribution is -2.12. The van der Waals surface area contributed by atoms with Gasteiger partial charge in [-0.3, -0.25) is 0 Å². The highest BCUT2D eigenvalue weighted by Crippen LogP contribution is 2.24. The summed E-state index contributed by atoms with van der Waals surface area (Å²) in [6.45, 7) is 2.12. The van der Waals surface area contributed by atoms with Gasteiger partial charge in [0.25, 0.3) is 0 Å². The average molecular weight is 218 g/mol. The molecule has 1 fully saturated rings. The fourth-order valence-electron chi connectivity index (χ4n) is 1.71. The first-order valence-electron chi connectivity index (χ1n) is 5.30. The Labute approximate surface area is 94.6 Å². The molecule has 1 aliphatic rings. The van der Waals surface area contributed by atoms with Gasteiger partial charge >= 0.3 is 0 Å². The number of rotatable bonds is 3. The standard InChI is InChI=1S/C12H14N2O2/c13-6-10-11(14)2-1-3-12(10)16-8-9-4-5-15-7-9/h1-3,9H,4-5,7-8,14H2. The summed E-state index contributed by atoms with van der Waals surface area (Å²) in [4.78, 5) is 0. The highest BCUT2D eigenvalue weighted by Gasteiger charge is 2.17. The first-order chi connectivity index (χ1) is 7.81. The van der Waals surface area contributed by atoms with Crippen LogP contribution < -0.4 is 10.5 Å². The third kappa shape index (κ3) is 2.26. The summed E-state index contributed by atoms with van der Waals surface area (Å²) in [5, 5.41) is 8.96. The number of nitrogens with two attached hydrogens (primary N) is 1. The Morgan fingerprint density at radius 1 is 1.56 bits per heavy atom. The Balaban J connectivity index is 2.03. The van der Waals surface area contributed by atoms with Crippen LogP contribution in [0.3, 0.4) is 0 Å². The first kappa shape index (κ1) is 10.8. The molecule has 1 unspecified atom stereocenters. The lowest BCUT2D eigenvalue weighted by atomic mass is 10.1. The maximum absolute atomic E-state index is 8.96. The molecule has 2 N–H and O–H groups in total. The Bertz CT molecular complexity index is 406. The molecular formula is C12H14N2O2. The van der Waals surface area contributed by atoms with Crippen molar-refractivity contribution in [2.45, 2.75) is 6.42 Å². The summed E-state index contributed by atoms with van der Waals surface area (Å²) in [6, 6.07) is 7.31. The number of ether oxygens (including phenoxy) is 2. The molecule has 4 nitrogen and oxygen atoms in total. The van der Waals surface area contributed by atoms with Crippen LogP contribution in [0.4, 0.5) is 5.69 Å². The molecule has 1 aromatic carbocycles. The van der Waals surface area contributed by atoms with E-state index in [-0.39, 0.29) is 0 Å². The Hall–Kier alpha value is -1.73. The van der Waals surface area contributed by atoms with Gasteiger partial charge in [0.05, 0.1) is 18.9 Å². The van der Waals surface area contributed by atoms with Gasteiger partial charge in [-0.2, -0.15) is 5.26 Å². The van der Waals surface area contributed by atoms with Gasteiger partial charge in [-0.1, -0.05) is 6.07 Å². The van der Waals surface area contributed by atoms with E-state index in [0.29, 0.717) is 29.5 Å². The quantitative estimate of drug-likeness (QED) is 0.781. The van der Waals surface area contributed by atoms with Gasteiger partial charge in [0.1, 0.15) is 17.4 Å². The smallest absolute Gasteiger partial charge is 0.139 e. The van der Waals surface area contributed by atoms with E-state index in [1.54, 1.807) is 18.2 Å². The van der Waals surface area contributed by atoms with Gasteiger partial charge in [0.15, 0.2) is 0 Å². The molecule has 2 rings (SSSR count). The maximum Gasteiger partial charge on any atom is 0.139 e. The van der Waals surface area contributed by atoms with Crippen LogP contribution in [-0.4, -0.2) is 19.8 Å². The summed E-state index contributed by atoms with van der Waals surface area (Å²) in [5.74, 6) is 0.988. The average Bonchev–Trinajstić information content (AvgIpc) is 2.79. The summed E-state index contributed by atoms with van der Waals surface area (Å²) < 4.78 is 10.9. The molecule has 0 spiro atoms. The van der Waals surface area contributed by atoms with E-state index < -0.39 is 0 Å². The van der Waals surface area contributed by atoms with Crippen molar-refractivity contribution in [2.24, 2.45) is 5.92 Å². The number of anilines is 1. The van der Waals surface area contributed by atoms with Crippen LogP contribution >= 0.6 is 0 Å². The summed E-state index contributed by atoms with van der Waals surface area (Å²) in [7, 11) is 0. The first-order valence-corrected chi connectivity index (χ1v) is 5.30. The van der Waals surface area contributed by atoms with Gasteiger partial charge in [0.2, 0.25) is 0 Å². The predicted octanol–water partition coefficient (Wildman–Crippen LogP) is 1.56. The minimum atomic E-state index is 0.418. The second-order valence-electron chi connectivity index (χ2n) is 3.87. The van der Waals surface area contributed by atoms with Crippen LogP contribution in [0.5, 0.6) is 5.75 Å². The van der Waals surface area contributed by atoms with Crippen molar-refractivity contribution >= 4 is 5.69 Å². The van der Waals surface area contributed by atoms with E-state index in [1.165, 1.54) is 0 Å². The third-order valence-electron chi connectivity index (χ3n) is 2.67. The number of hydrogen-bond acceptors (Lipinski definition) is 4. The molecule has 4 heteroatoms. The minimum Gasteiger partial charge on any atom is -0.492 e. The molecule has 1 aliphatic heterocycles. The fourth-order valence-corrected chi connectivity index (χ4v) is 1.71. The number of benzene rings is 1. The van der Waals surface area contributed by atoms with Crippen LogP contribution in [0.2, 0.25) is 0 Å². The number of nitrogens with zero attached hydrogens (tertiary/aromatic N) is 1. The molecule has 0 amide bonds. The van der Waals surface area contributed by atoms with Crippen molar-refractivity contribution in [3.8, 4) is 11.8 Å². The van der Waals surface area contributed by atoms with Crippen molar-refractivity contribution in [3.63, 3.8) is 0 Å². The highest BCUT2D eigenvalue weighted by molar-refractivity contribution is 5.60. The number of nitrogen functional groups attached to an aromatic ring is 1. The molecular weight excluding hydrogens is 204 g/mol. The van der Waals surface area contributed by atoms with Crippen molar-refractivity contribution in [1.82, 2.24) is 0 Å². The minimum absolute atomic E-state index is 0.418. The molecule has 1 saturated heterocycles. The van der Waals surface area contributed by atoms with E-state index in [9.17, 15) is 0 Å². The lowest BCUT2D eigenvalue weighted by molar-refractivity contribution is 0.167. The Kier molecular flexibility index (Phi) is 3.28. The van der Waals surface area contributed by atoms with Crippen LogP contribution in [0, 0.1) is 17.2 Å². The Morgan fingerprint density at radius 3 is 3.12 bits per heavy atom. The van der Waals surface area contributed by atoms with Crippen molar-refractivity contribution in [1.29, 1.82) is 5.26 Å². The summed E-state index contributed by atoms with van der Waals surface area (Å²) in [6.07, 6.45) is 1.02. The second-order valence-corrected chi connectivity index (χ2v) is 3.87. The van der Waals surface area contributed by atoms with E-state index >= 15 is 0 Å². The topological polar surface area (TPSA) is 68.3 Å². The number of hydrogen-bond donors (Lipinski definition) is 1. The van der Waals surface area contributed by atoms with E-state index in [4.69, 9.17) is 20.5 Å². The maximum atomic E-state index is 8.96. The molecule has 0 radical (unpaired) electrons. The lowest BCUT2D eigenvalue weighted by Gasteiger charge is -2.12. The van der Waals surface area contributed by atoms with Gasteiger partial charge in [-0.15, -0.1) is 0 Å². The molecule has 16 heavy (non-hydrogen) atoms. The summed E-state index contributed by atoms with van der Waals surface area (Å²) in [5.41, 5.74) is 6.57. The monoisotopic (exact) mass is 218 g/mol. The third-order valence-corrected chi connectivity index (χ3v) is 2.67. The van der Waals surface area contributed by atoms with Crippen molar-refractivity contribution in [3.05, 3.63) is 23.8 Å². The van der Waals surface area contributed by atoms with E-state index in [2.05, 4.69) is 6.07 Å². The molecule has 1 aromatic rings. The van der Waals surface area contributed by atoms with Crippen LogP contribution in [0.15, 0.2) is 18.2 Å². The van der Waals surface area contributed by atoms with Gasteiger partial charge in [0, 0.05) is 12.5 Å². The fraction of sp³-hybridized carbons (Fsp3) is 0.417. The van der Waals surface area contributed by atoms with Gasteiger partial charge < -0.3 is 15.2 Å².